The molecule has 0 saturated carbocycles. The first-order chi connectivity index (χ1) is 8.83. The molecule has 0 aromatic heterocycles. The molecular formula is C15H8BrNS. The fourth-order valence-corrected chi connectivity index (χ4v) is 3.76. The topological polar surface area (TPSA) is 12.9 Å². The predicted molar refractivity (Wildman–Crippen MR) is 81.4 cm³/mol. The van der Waals surface area contributed by atoms with Gasteiger partial charge in [0.15, 0.2) is 0 Å². The van der Waals surface area contributed by atoms with Crippen LogP contribution < -0.4 is 0 Å². The third-order valence-corrected chi connectivity index (χ3v) is 4.88. The predicted octanol–water partition coefficient (Wildman–Crippen LogP) is 5.32. The highest BCUT2D eigenvalue weighted by atomic mass is 79.9. The van der Waals surface area contributed by atoms with Crippen molar-refractivity contribution in [2.75, 3.05) is 0 Å². The van der Waals surface area contributed by atoms with Crippen LogP contribution in [0.25, 0.3) is 31.6 Å². The van der Waals surface area contributed by atoms with Gasteiger partial charge in [0.1, 0.15) is 5.01 Å². The van der Waals surface area contributed by atoms with Gasteiger partial charge >= 0.3 is 0 Å². The maximum absolute atomic E-state index is 4.74. The zero-order valence-electron chi connectivity index (χ0n) is 9.35. The summed E-state index contributed by atoms with van der Waals surface area (Å²) in [4.78, 5) is 4.74. The molecule has 0 fully saturated rings. The van der Waals surface area contributed by atoms with Crippen LogP contribution in [0.15, 0.2) is 53.0 Å². The van der Waals surface area contributed by atoms with E-state index in [4.69, 9.17) is 4.98 Å². The van der Waals surface area contributed by atoms with Crippen molar-refractivity contribution in [2.24, 2.45) is 0 Å². The summed E-state index contributed by atoms with van der Waals surface area (Å²) in [7, 11) is 0. The van der Waals surface area contributed by atoms with Gasteiger partial charge in [0.2, 0.25) is 0 Å². The largest absolute Gasteiger partial charge is 0.236 e. The van der Waals surface area contributed by atoms with Crippen molar-refractivity contribution in [3.05, 3.63) is 53.0 Å². The lowest BCUT2D eigenvalue weighted by molar-refractivity contribution is 1.51. The summed E-state index contributed by atoms with van der Waals surface area (Å²) in [6, 6.07) is 16.9. The molecule has 86 valence electrons. The van der Waals surface area contributed by atoms with E-state index in [-0.39, 0.29) is 0 Å². The van der Waals surface area contributed by atoms with E-state index in [2.05, 4.69) is 58.4 Å². The van der Waals surface area contributed by atoms with Gasteiger partial charge in [-0.1, -0.05) is 30.3 Å². The minimum Gasteiger partial charge on any atom is -0.236 e. The van der Waals surface area contributed by atoms with Gasteiger partial charge in [-0.3, -0.25) is 0 Å². The molecule has 4 rings (SSSR count). The van der Waals surface area contributed by atoms with E-state index in [0.29, 0.717) is 0 Å². The molecule has 2 aliphatic rings. The molecule has 2 heterocycles. The second-order valence-corrected chi connectivity index (χ2v) is 6.14. The summed E-state index contributed by atoms with van der Waals surface area (Å²) in [6.45, 7) is 0. The zero-order valence-corrected chi connectivity index (χ0v) is 11.8. The Hall–Kier alpha value is -1.45. The molecule has 0 saturated heterocycles. The van der Waals surface area contributed by atoms with E-state index < -0.39 is 0 Å². The third kappa shape index (κ3) is 1.41. The minimum absolute atomic E-state index is 1.05. The Morgan fingerprint density at radius 1 is 1.00 bits per heavy atom. The standard InChI is InChI=1S/C15H8BrNS/c16-12-6-3-5-10-11-8-9-4-1-2-7-13(9)18-15(11)17-14(10)12/h1-8H. The lowest BCUT2D eigenvalue weighted by Gasteiger charge is -2.01. The van der Waals surface area contributed by atoms with Gasteiger partial charge in [-0.15, -0.1) is 11.3 Å². The Kier molecular flexibility index (Phi) is 2.19. The molecule has 3 heteroatoms. The van der Waals surface area contributed by atoms with Crippen molar-refractivity contribution in [1.82, 2.24) is 4.98 Å². The number of hydrogen-bond donors (Lipinski definition) is 0. The number of nitrogens with zero attached hydrogens (tertiary/aromatic N) is 1. The van der Waals surface area contributed by atoms with Crippen LogP contribution in [0.5, 0.6) is 0 Å². The van der Waals surface area contributed by atoms with Gasteiger partial charge in [0, 0.05) is 20.1 Å². The van der Waals surface area contributed by atoms with Crippen molar-refractivity contribution in [2.45, 2.75) is 0 Å². The molecule has 0 bridgehead atoms. The number of rotatable bonds is 0. The molecule has 2 aliphatic heterocycles. The second kappa shape index (κ2) is 3.77. The van der Waals surface area contributed by atoms with Crippen LogP contribution >= 0.6 is 27.3 Å². The summed E-state index contributed by atoms with van der Waals surface area (Å²) in [5, 5.41) is 3.61. The number of aromatic nitrogens is 1. The molecule has 0 atom stereocenters. The van der Waals surface area contributed by atoms with Crippen molar-refractivity contribution in [3.63, 3.8) is 0 Å². The van der Waals surface area contributed by atoms with Gasteiger partial charge in [0.25, 0.3) is 0 Å². The Balaban J connectivity index is 2.24. The van der Waals surface area contributed by atoms with Crippen molar-refractivity contribution in [1.29, 1.82) is 0 Å². The van der Waals surface area contributed by atoms with E-state index in [9.17, 15) is 0 Å². The molecule has 0 N–H and O–H groups in total. The number of benzene rings is 2. The van der Waals surface area contributed by atoms with E-state index in [1.165, 1.54) is 21.0 Å². The van der Waals surface area contributed by atoms with E-state index in [0.717, 1.165) is 15.0 Å². The highest BCUT2D eigenvalue weighted by Crippen LogP contribution is 2.39. The van der Waals surface area contributed by atoms with Crippen LogP contribution in [-0.4, -0.2) is 4.98 Å². The smallest absolute Gasteiger partial charge is 0.125 e. The van der Waals surface area contributed by atoms with Crippen molar-refractivity contribution >= 4 is 48.3 Å². The van der Waals surface area contributed by atoms with Gasteiger partial charge in [-0.2, -0.15) is 0 Å². The van der Waals surface area contributed by atoms with Crippen molar-refractivity contribution in [3.8, 4) is 10.6 Å². The molecule has 1 nitrogen and oxygen atoms in total. The Morgan fingerprint density at radius 3 is 2.83 bits per heavy atom. The number of hydrogen-bond acceptors (Lipinski definition) is 2. The van der Waals surface area contributed by atoms with Crippen LogP contribution in [-0.2, 0) is 0 Å². The molecule has 2 aromatic rings. The van der Waals surface area contributed by atoms with Crippen LogP contribution in [0.4, 0.5) is 0 Å². The van der Waals surface area contributed by atoms with E-state index >= 15 is 0 Å². The first kappa shape index (κ1) is 10.5. The van der Waals surface area contributed by atoms with Crippen LogP contribution in [0.3, 0.4) is 0 Å². The molecule has 2 aromatic carbocycles. The molecule has 0 aliphatic carbocycles. The zero-order chi connectivity index (χ0) is 12.1. The van der Waals surface area contributed by atoms with Gasteiger partial charge in [-0.05, 0) is 39.5 Å². The lowest BCUT2D eigenvalue weighted by atomic mass is 10.1. The summed E-state index contributed by atoms with van der Waals surface area (Å²) >= 11 is 5.33. The molecular weight excluding hydrogens is 306 g/mol. The first-order valence-electron chi connectivity index (χ1n) is 5.69. The van der Waals surface area contributed by atoms with Crippen LogP contribution in [0.1, 0.15) is 0 Å². The van der Waals surface area contributed by atoms with E-state index in [1.54, 1.807) is 11.3 Å². The van der Waals surface area contributed by atoms with E-state index in [1.807, 2.05) is 6.07 Å². The maximum Gasteiger partial charge on any atom is 0.125 e. The fraction of sp³-hybridized carbons (Fsp3) is 0. The third-order valence-electron chi connectivity index (χ3n) is 3.15. The summed E-state index contributed by atoms with van der Waals surface area (Å²) < 4.78 is 2.34. The molecule has 0 amide bonds. The van der Waals surface area contributed by atoms with Gasteiger partial charge in [-0.25, -0.2) is 4.98 Å². The fourth-order valence-electron chi connectivity index (χ4n) is 2.29. The van der Waals surface area contributed by atoms with Crippen LogP contribution in [0.2, 0.25) is 0 Å². The second-order valence-electron chi connectivity index (χ2n) is 4.25. The van der Waals surface area contributed by atoms with Gasteiger partial charge < -0.3 is 0 Å². The first-order valence-corrected chi connectivity index (χ1v) is 7.30. The monoisotopic (exact) mass is 313 g/mol. The van der Waals surface area contributed by atoms with Crippen LogP contribution in [0, 0.1) is 0 Å². The van der Waals surface area contributed by atoms with Crippen molar-refractivity contribution < 1.29 is 0 Å². The summed E-state index contributed by atoms with van der Waals surface area (Å²) in [6.07, 6.45) is 0. The summed E-state index contributed by atoms with van der Waals surface area (Å²) in [5.74, 6) is 0. The Labute approximate surface area is 117 Å². The highest BCUT2D eigenvalue weighted by Gasteiger charge is 2.14. The maximum atomic E-state index is 4.74. The molecule has 18 heavy (non-hydrogen) atoms. The molecule has 0 unspecified atom stereocenters. The molecule has 0 spiro atoms. The number of fused-ring (bicyclic) bond motifs is 4. The highest BCUT2D eigenvalue weighted by molar-refractivity contribution is 9.10. The minimum atomic E-state index is 1.05. The average molecular weight is 314 g/mol. The quantitative estimate of drug-likeness (QED) is 0.428. The summed E-state index contributed by atoms with van der Waals surface area (Å²) in [5.41, 5.74) is 2.30. The normalized spacial score (nSPS) is 11.6. The number of para-hydroxylation sites is 1. The number of halogens is 1. The SMILES string of the molecule is Brc1cccc2c3cc4ccccc4sc-3nc12. The Morgan fingerprint density at radius 2 is 1.89 bits per heavy atom. The average Bonchev–Trinajstić information content (AvgIpc) is 2.76. The lowest BCUT2D eigenvalue weighted by Crippen LogP contribution is -1.74. The Bertz CT molecular complexity index is 850. The molecule has 0 radical (unpaired) electrons. The van der Waals surface area contributed by atoms with Gasteiger partial charge in [0.05, 0.1) is 5.52 Å².